The molecule has 98 valence electrons. The first-order chi connectivity index (χ1) is 8.42. The molecule has 0 amide bonds. The molecule has 0 spiro atoms. The minimum absolute atomic E-state index is 0.0233. The molecule has 1 aliphatic heterocycles. The van der Waals surface area contributed by atoms with Gasteiger partial charge in [-0.3, -0.25) is 0 Å². The quantitative estimate of drug-likeness (QED) is 0.786. The minimum atomic E-state index is -4.84. The molecule has 2 rings (SSSR count). The molecule has 0 fully saturated rings. The monoisotopic (exact) mass is 262 g/mol. The van der Waals surface area contributed by atoms with Crippen LogP contribution in [0.5, 0.6) is 5.75 Å². The summed E-state index contributed by atoms with van der Waals surface area (Å²) in [5.41, 5.74) is -0.00289. The van der Waals surface area contributed by atoms with Gasteiger partial charge in [0.25, 0.3) is 0 Å². The van der Waals surface area contributed by atoms with Crippen molar-refractivity contribution < 1.29 is 32.2 Å². The van der Waals surface area contributed by atoms with E-state index in [1.165, 1.54) is 12.1 Å². The molecule has 4 nitrogen and oxygen atoms in total. The second-order valence-corrected chi connectivity index (χ2v) is 3.46. The maximum atomic E-state index is 12.2. The number of benzene rings is 1. The molecular formula is C11H9F3O4. The van der Waals surface area contributed by atoms with Crippen molar-refractivity contribution in [2.45, 2.75) is 19.6 Å². The van der Waals surface area contributed by atoms with Gasteiger partial charge in [0.15, 0.2) is 0 Å². The highest BCUT2D eigenvalue weighted by atomic mass is 19.4. The highest BCUT2D eigenvalue weighted by Gasteiger charge is 2.39. The molecule has 18 heavy (non-hydrogen) atoms. The summed E-state index contributed by atoms with van der Waals surface area (Å²) in [6.45, 7) is 1.83. The molecular weight excluding hydrogens is 253 g/mol. The third kappa shape index (κ3) is 2.40. The van der Waals surface area contributed by atoms with Crippen LogP contribution in [0.25, 0.3) is 0 Å². The van der Waals surface area contributed by atoms with Crippen molar-refractivity contribution in [2.24, 2.45) is 0 Å². The van der Waals surface area contributed by atoms with Crippen molar-refractivity contribution in [3.63, 3.8) is 0 Å². The normalized spacial score (nSPS) is 18.4. The van der Waals surface area contributed by atoms with Gasteiger partial charge in [0.05, 0.1) is 11.1 Å². The Labute approximate surface area is 100 Å². The molecule has 1 aliphatic rings. The molecule has 1 unspecified atom stereocenters. The fourth-order valence-corrected chi connectivity index (χ4v) is 1.67. The second-order valence-electron chi connectivity index (χ2n) is 3.46. The van der Waals surface area contributed by atoms with Crippen molar-refractivity contribution in [1.82, 2.24) is 0 Å². The smallest absolute Gasteiger partial charge is 0.427 e. The Balaban J connectivity index is 2.41. The number of halogens is 3. The summed E-state index contributed by atoms with van der Waals surface area (Å²) in [6.07, 6.45) is -5.99. The van der Waals surface area contributed by atoms with Gasteiger partial charge >= 0.3 is 12.3 Å². The maximum absolute atomic E-state index is 12.2. The second kappa shape index (κ2) is 4.49. The molecule has 0 aliphatic carbocycles. The van der Waals surface area contributed by atoms with Crippen LogP contribution in [0.15, 0.2) is 18.2 Å². The molecule has 0 aromatic heterocycles. The van der Waals surface area contributed by atoms with E-state index in [4.69, 9.17) is 9.47 Å². The number of hydrogen-bond acceptors (Lipinski definition) is 4. The van der Waals surface area contributed by atoms with Gasteiger partial charge in [-0.05, 0) is 19.1 Å². The Bertz CT molecular complexity index is 470. The topological polar surface area (TPSA) is 44.8 Å². The lowest BCUT2D eigenvalue weighted by atomic mass is 10.1. The average Bonchev–Trinajstić information content (AvgIpc) is 2.56. The molecule has 1 atom stereocenters. The van der Waals surface area contributed by atoms with Crippen LogP contribution in [0.4, 0.5) is 13.2 Å². The highest BCUT2D eigenvalue weighted by Crippen LogP contribution is 2.40. The number of alkyl halides is 3. The van der Waals surface area contributed by atoms with E-state index in [-0.39, 0.29) is 17.7 Å². The van der Waals surface area contributed by atoms with Gasteiger partial charge in [-0.15, -0.1) is 13.2 Å². The first-order valence-electron chi connectivity index (χ1n) is 5.13. The predicted molar refractivity (Wildman–Crippen MR) is 52.9 cm³/mol. The summed E-state index contributed by atoms with van der Waals surface area (Å²) in [7, 11) is 0. The van der Waals surface area contributed by atoms with Crippen LogP contribution in [0.3, 0.4) is 0 Å². The Kier molecular flexibility index (Phi) is 3.16. The van der Waals surface area contributed by atoms with E-state index in [1.54, 1.807) is 6.92 Å². The van der Waals surface area contributed by atoms with Gasteiger partial charge in [-0.25, -0.2) is 4.79 Å². The highest BCUT2D eigenvalue weighted by molar-refractivity contribution is 5.94. The van der Waals surface area contributed by atoms with E-state index in [0.717, 1.165) is 6.07 Å². The van der Waals surface area contributed by atoms with E-state index in [9.17, 15) is 18.0 Å². The van der Waals surface area contributed by atoms with Gasteiger partial charge in [0, 0.05) is 6.61 Å². The standard InChI is InChI=1S/C11H9F3O4/c1-2-16-10-8-6(9(15)17-10)4-3-5-7(8)18-11(12,13)14/h3-5,10H,2H2,1H3. The molecule has 1 aromatic carbocycles. The summed E-state index contributed by atoms with van der Waals surface area (Å²) >= 11 is 0. The van der Waals surface area contributed by atoms with E-state index in [1.807, 2.05) is 0 Å². The maximum Gasteiger partial charge on any atom is 0.573 e. The van der Waals surface area contributed by atoms with Crippen LogP contribution in [-0.2, 0) is 9.47 Å². The molecule has 1 heterocycles. The summed E-state index contributed by atoms with van der Waals surface area (Å²) < 4.78 is 50.4. The number of fused-ring (bicyclic) bond motifs is 1. The third-order valence-corrected chi connectivity index (χ3v) is 2.28. The van der Waals surface area contributed by atoms with Gasteiger partial charge in [-0.1, -0.05) is 6.07 Å². The van der Waals surface area contributed by atoms with Gasteiger partial charge in [0.1, 0.15) is 5.75 Å². The summed E-state index contributed by atoms with van der Waals surface area (Å²) in [5, 5.41) is 0. The summed E-state index contributed by atoms with van der Waals surface area (Å²) in [6, 6.07) is 3.76. The number of ether oxygens (including phenoxy) is 3. The lowest BCUT2D eigenvalue weighted by Gasteiger charge is -2.15. The van der Waals surface area contributed by atoms with Crippen LogP contribution in [-0.4, -0.2) is 18.9 Å². The molecule has 7 heteroatoms. The molecule has 0 saturated heterocycles. The van der Waals surface area contributed by atoms with Crippen LogP contribution >= 0.6 is 0 Å². The zero-order valence-corrected chi connectivity index (χ0v) is 9.28. The van der Waals surface area contributed by atoms with Crippen molar-refractivity contribution in [3.8, 4) is 5.75 Å². The van der Waals surface area contributed by atoms with Crippen LogP contribution in [0.1, 0.15) is 29.1 Å². The molecule has 0 N–H and O–H groups in total. The van der Waals surface area contributed by atoms with Crippen molar-refractivity contribution in [2.75, 3.05) is 6.61 Å². The van der Waals surface area contributed by atoms with E-state index in [0.29, 0.717) is 0 Å². The number of rotatable bonds is 3. The minimum Gasteiger partial charge on any atom is -0.427 e. The van der Waals surface area contributed by atoms with Gasteiger partial charge in [-0.2, -0.15) is 0 Å². The Morgan fingerprint density at radius 3 is 2.72 bits per heavy atom. The molecule has 0 radical (unpaired) electrons. The molecule has 0 bridgehead atoms. The Morgan fingerprint density at radius 2 is 2.11 bits per heavy atom. The van der Waals surface area contributed by atoms with Crippen molar-refractivity contribution >= 4 is 5.97 Å². The van der Waals surface area contributed by atoms with Crippen LogP contribution in [0, 0.1) is 0 Å². The van der Waals surface area contributed by atoms with E-state index >= 15 is 0 Å². The Hall–Kier alpha value is -1.76. The van der Waals surface area contributed by atoms with Crippen LogP contribution < -0.4 is 4.74 Å². The van der Waals surface area contributed by atoms with Gasteiger partial charge in [0.2, 0.25) is 6.29 Å². The SMILES string of the molecule is CCOC1OC(=O)c2cccc(OC(F)(F)F)c21. The van der Waals surface area contributed by atoms with Gasteiger partial charge < -0.3 is 14.2 Å². The average molecular weight is 262 g/mol. The molecule has 0 saturated carbocycles. The summed E-state index contributed by atoms with van der Waals surface area (Å²) in [4.78, 5) is 11.4. The third-order valence-electron chi connectivity index (χ3n) is 2.28. The first-order valence-corrected chi connectivity index (χ1v) is 5.13. The van der Waals surface area contributed by atoms with E-state index in [2.05, 4.69) is 4.74 Å². The predicted octanol–water partition coefficient (Wildman–Crippen LogP) is 2.79. The summed E-state index contributed by atoms with van der Waals surface area (Å²) in [5.74, 6) is -1.21. The zero-order chi connectivity index (χ0) is 13.3. The fourth-order valence-electron chi connectivity index (χ4n) is 1.67. The fraction of sp³-hybridized carbons (Fsp3) is 0.364. The number of carbonyl (C=O) groups excluding carboxylic acids is 1. The largest absolute Gasteiger partial charge is 0.573 e. The lowest BCUT2D eigenvalue weighted by Crippen LogP contribution is -2.19. The number of cyclic esters (lactones) is 1. The van der Waals surface area contributed by atoms with E-state index < -0.39 is 24.4 Å². The van der Waals surface area contributed by atoms with Crippen LogP contribution in [0.2, 0.25) is 0 Å². The number of carbonyl (C=O) groups is 1. The number of hydrogen-bond donors (Lipinski definition) is 0. The number of esters is 1. The van der Waals surface area contributed by atoms with Crippen molar-refractivity contribution in [1.29, 1.82) is 0 Å². The first kappa shape index (κ1) is 12.7. The zero-order valence-electron chi connectivity index (χ0n) is 9.28. The lowest BCUT2D eigenvalue weighted by molar-refractivity contribution is -0.275. The van der Waals surface area contributed by atoms with Crippen molar-refractivity contribution in [3.05, 3.63) is 29.3 Å². The molecule has 1 aromatic rings. The Morgan fingerprint density at radius 1 is 1.39 bits per heavy atom.